The lowest BCUT2D eigenvalue weighted by Crippen LogP contribution is -2.24. The molecule has 0 saturated heterocycles. The van der Waals surface area contributed by atoms with Crippen LogP contribution in [0.25, 0.3) is 0 Å². The number of nitrogens with zero attached hydrogens (tertiary/aromatic N) is 4. The molecule has 0 spiro atoms. The maximum atomic E-state index is 5.56. The van der Waals surface area contributed by atoms with E-state index in [9.17, 15) is 0 Å². The van der Waals surface area contributed by atoms with Crippen molar-refractivity contribution in [1.82, 2.24) is 20.2 Å². The summed E-state index contributed by atoms with van der Waals surface area (Å²) < 4.78 is 1.81. The topological polar surface area (TPSA) is 69.6 Å². The Hall–Kier alpha value is -1.75. The summed E-state index contributed by atoms with van der Waals surface area (Å²) in [5.74, 6) is 1.29. The molecule has 1 unspecified atom stereocenters. The van der Waals surface area contributed by atoms with Gasteiger partial charge < -0.3 is 5.73 Å². The zero-order valence-corrected chi connectivity index (χ0v) is 8.87. The van der Waals surface area contributed by atoms with Crippen LogP contribution in [0.5, 0.6) is 0 Å². The highest BCUT2D eigenvalue weighted by Gasteiger charge is 2.26. The first-order valence-corrected chi connectivity index (χ1v) is 5.41. The molecule has 2 N–H and O–H groups in total. The molecule has 1 atom stereocenters. The molecule has 0 saturated carbocycles. The van der Waals surface area contributed by atoms with Gasteiger partial charge in [-0.2, -0.15) is 0 Å². The lowest BCUT2D eigenvalue weighted by Gasteiger charge is -2.29. The molecule has 5 nitrogen and oxygen atoms in total. The van der Waals surface area contributed by atoms with E-state index in [-0.39, 0.29) is 0 Å². The molecule has 16 heavy (non-hydrogen) atoms. The van der Waals surface area contributed by atoms with Crippen molar-refractivity contribution in [2.75, 3.05) is 0 Å². The van der Waals surface area contributed by atoms with Gasteiger partial charge in [0.2, 0.25) is 0 Å². The summed E-state index contributed by atoms with van der Waals surface area (Å²) in [5.41, 5.74) is 8.42. The Morgan fingerprint density at radius 3 is 3.06 bits per heavy atom. The molecule has 1 aromatic heterocycles. The maximum absolute atomic E-state index is 5.56. The molecule has 1 aromatic carbocycles. The molecule has 0 fully saturated rings. The molecule has 2 aromatic rings. The summed E-state index contributed by atoms with van der Waals surface area (Å²) in [4.78, 5) is 0. The van der Waals surface area contributed by atoms with Gasteiger partial charge in [0, 0.05) is 5.92 Å². The Kier molecular flexibility index (Phi) is 2.18. The van der Waals surface area contributed by atoms with Crippen LogP contribution in [0.3, 0.4) is 0 Å². The number of benzene rings is 1. The molecule has 1 aliphatic rings. The molecule has 5 heteroatoms. The monoisotopic (exact) mass is 215 g/mol. The summed E-state index contributed by atoms with van der Waals surface area (Å²) >= 11 is 0. The second-order valence-electron chi connectivity index (χ2n) is 4.08. The van der Waals surface area contributed by atoms with Crippen LogP contribution in [-0.4, -0.2) is 20.2 Å². The predicted octanol–water partition coefficient (Wildman–Crippen LogP) is 0.472. The summed E-state index contributed by atoms with van der Waals surface area (Å²) in [6.45, 7) is 1.22. The molecule has 0 amide bonds. The van der Waals surface area contributed by atoms with Crippen molar-refractivity contribution >= 4 is 0 Å². The molecule has 82 valence electrons. The van der Waals surface area contributed by atoms with Crippen LogP contribution in [0.1, 0.15) is 22.9 Å². The van der Waals surface area contributed by atoms with E-state index >= 15 is 0 Å². The fourth-order valence-electron chi connectivity index (χ4n) is 2.25. The summed E-state index contributed by atoms with van der Waals surface area (Å²) in [7, 11) is 0. The minimum atomic E-state index is 0.390. The van der Waals surface area contributed by atoms with Crippen molar-refractivity contribution in [2.45, 2.75) is 25.4 Å². The van der Waals surface area contributed by atoms with Crippen LogP contribution in [0, 0.1) is 0 Å². The number of hydrogen-bond donors (Lipinski definition) is 1. The van der Waals surface area contributed by atoms with Gasteiger partial charge in [0.25, 0.3) is 0 Å². The Balaban J connectivity index is 1.79. The number of fused-ring (bicyclic) bond motifs is 1. The molecule has 0 aliphatic heterocycles. The van der Waals surface area contributed by atoms with Gasteiger partial charge in [-0.3, -0.25) is 0 Å². The second kappa shape index (κ2) is 3.68. The van der Waals surface area contributed by atoms with Crippen LogP contribution in [0.2, 0.25) is 0 Å². The van der Waals surface area contributed by atoms with Crippen LogP contribution in [0.15, 0.2) is 24.3 Å². The van der Waals surface area contributed by atoms with Gasteiger partial charge in [-0.1, -0.05) is 24.3 Å². The molecule has 3 rings (SSSR count). The van der Waals surface area contributed by atoms with Gasteiger partial charge in [0.05, 0.1) is 13.1 Å². The highest BCUT2D eigenvalue weighted by Crippen LogP contribution is 2.35. The van der Waals surface area contributed by atoms with E-state index in [0.29, 0.717) is 12.5 Å². The van der Waals surface area contributed by atoms with Crippen molar-refractivity contribution in [3.63, 3.8) is 0 Å². The van der Waals surface area contributed by atoms with Gasteiger partial charge >= 0.3 is 0 Å². The van der Waals surface area contributed by atoms with Gasteiger partial charge in [0.1, 0.15) is 0 Å². The predicted molar refractivity (Wildman–Crippen MR) is 58.6 cm³/mol. The van der Waals surface area contributed by atoms with E-state index in [1.54, 1.807) is 4.68 Å². The van der Waals surface area contributed by atoms with E-state index in [1.807, 2.05) is 0 Å². The average Bonchev–Trinajstić information content (AvgIpc) is 2.73. The summed E-state index contributed by atoms with van der Waals surface area (Å²) in [6.07, 6.45) is 1.11. The highest BCUT2D eigenvalue weighted by atomic mass is 15.5. The quantitative estimate of drug-likeness (QED) is 0.808. The van der Waals surface area contributed by atoms with Gasteiger partial charge in [0.15, 0.2) is 5.82 Å². The van der Waals surface area contributed by atoms with Crippen LogP contribution in [-0.2, 0) is 19.5 Å². The number of nitrogens with two attached hydrogens (primary N) is 1. The van der Waals surface area contributed by atoms with Crippen molar-refractivity contribution in [1.29, 1.82) is 0 Å². The third-order valence-electron chi connectivity index (χ3n) is 3.14. The first-order chi connectivity index (χ1) is 7.88. The van der Waals surface area contributed by atoms with Crippen LogP contribution in [0.4, 0.5) is 0 Å². The Morgan fingerprint density at radius 2 is 2.25 bits per heavy atom. The number of aromatic nitrogens is 4. The SMILES string of the molecule is NCc1nnnn1CC1Cc2ccccc21. The molecule has 1 aliphatic carbocycles. The Labute approximate surface area is 93.3 Å². The lowest BCUT2D eigenvalue weighted by molar-refractivity contribution is 0.453. The second-order valence-corrected chi connectivity index (χ2v) is 4.08. The van der Waals surface area contributed by atoms with E-state index < -0.39 is 0 Å². The smallest absolute Gasteiger partial charge is 0.164 e. The van der Waals surface area contributed by atoms with E-state index in [1.165, 1.54) is 11.1 Å². The van der Waals surface area contributed by atoms with E-state index in [2.05, 4.69) is 39.8 Å². The van der Waals surface area contributed by atoms with E-state index in [0.717, 1.165) is 18.8 Å². The number of rotatable bonds is 3. The van der Waals surface area contributed by atoms with Gasteiger partial charge in [-0.15, -0.1) is 5.10 Å². The van der Waals surface area contributed by atoms with Crippen molar-refractivity contribution < 1.29 is 0 Å². The highest BCUT2D eigenvalue weighted by molar-refractivity contribution is 5.39. The van der Waals surface area contributed by atoms with Crippen molar-refractivity contribution in [3.8, 4) is 0 Å². The van der Waals surface area contributed by atoms with Gasteiger partial charge in [-0.05, 0) is 28.0 Å². The first-order valence-electron chi connectivity index (χ1n) is 5.41. The fraction of sp³-hybridized carbons (Fsp3) is 0.364. The minimum absolute atomic E-state index is 0.390. The Morgan fingerprint density at radius 1 is 1.38 bits per heavy atom. The standard InChI is InChI=1S/C11H13N5/c12-6-11-13-14-15-16(11)7-9-5-8-3-1-2-4-10(8)9/h1-4,9H,5-7,12H2. The molecule has 0 bridgehead atoms. The molecular weight excluding hydrogens is 202 g/mol. The normalized spacial score (nSPS) is 17.9. The van der Waals surface area contributed by atoms with E-state index in [4.69, 9.17) is 5.73 Å². The molecular formula is C11H13N5. The third-order valence-corrected chi connectivity index (χ3v) is 3.14. The van der Waals surface area contributed by atoms with Crippen molar-refractivity contribution in [3.05, 3.63) is 41.2 Å². The number of tetrazole rings is 1. The van der Waals surface area contributed by atoms with Gasteiger partial charge in [-0.25, -0.2) is 4.68 Å². The largest absolute Gasteiger partial charge is 0.324 e. The van der Waals surface area contributed by atoms with Crippen LogP contribution >= 0.6 is 0 Å². The lowest BCUT2D eigenvalue weighted by atomic mass is 9.78. The van der Waals surface area contributed by atoms with Crippen LogP contribution < -0.4 is 5.73 Å². The first kappa shape index (κ1) is 9.47. The molecule has 1 heterocycles. The zero-order chi connectivity index (χ0) is 11.0. The fourth-order valence-corrected chi connectivity index (χ4v) is 2.25. The zero-order valence-electron chi connectivity index (χ0n) is 8.87. The maximum Gasteiger partial charge on any atom is 0.164 e. The summed E-state index contributed by atoms with van der Waals surface area (Å²) in [5, 5.41) is 11.5. The Bertz CT molecular complexity index is 505. The number of hydrogen-bond acceptors (Lipinski definition) is 4. The minimum Gasteiger partial charge on any atom is -0.324 e. The molecule has 0 radical (unpaired) electrons. The third kappa shape index (κ3) is 1.40. The van der Waals surface area contributed by atoms with Crippen molar-refractivity contribution in [2.24, 2.45) is 5.73 Å². The summed E-state index contributed by atoms with van der Waals surface area (Å²) in [6, 6.07) is 8.51. The average molecular weight is 215 g/mol.